The molecule has 4 heteroatoms. The van der Waals surface area contributed by atoms with Crippen LogP contribution in [0.3, 0.4) is 0 Å². The van der Waals surface area contributed by atoms with Gasteiger partial charge in [0.15, 0.2) is 0 Å². The highest BCUT2D eigenvalue weighted by atomic mass is 35.5. The highest BCUT2D eigenvalue weighted by Gasteiger charge is 2.00. The van der Waals surface area contributed by atoms with Crippen molar-refractivity contribution < 1.29 is 0 Å². The van der Waals surface area contributed by atoms with E-state index in [2.05, 4.69) is 40.2 Å². The molecule has 0 aliphatic carbocycles. The van der Waals surface area contributed by atoms with Crippen LogP contribution in [0.1, 0.15) is 23.4 Å². The molecule has 0 amide bonds. The second kappa shape index (κ2) is 6.73. The van der Waals surface area contributed by atoms with Crippen LogP contribution in [-0.2, 0) is 13.1 Å². The van der Waals surface area contributed by atoms with Gasteiger partial charge in [-0.05, 0) is 50.6 Å². The van der Waals surface area contributed by atoms with Gasteiger partial charge in [0.25, 0.3) is 0 Å². The van der Waals surface area contributed by atoms with Crippen LogP contribution >= 0.6 is 11.6 Å². The van der Waals surface area contributed by atoms with Gasteiger partial charge in [-0.3, -0.25) is 4.68 Å². The topological polar surface area (TPSA) is 29.9 Å². The number of nitrogens with one attached hydrogen (secondary N) is 1. The fourth-order valence-corrected chi connectivity index (χ4v) is 2.22. The van der Waals surface area contributed by atoms with Crippen molar-refractivity contribution in [3.8, 4) is 0 Å². The first-order chi connectivity index (χ1) is 9.15. The molecule has 0 unspecified atom stereocenters. The summed E-state index contributed by atoms with van der Waals surface area (Å²) in [5, 5.41) is 8.67. The molecular weight excluding hydrogens is 258 g/mol. The van der Waals surface area contributed by atoms with Gasteiger partial charge in [-0.25, -0.2) is 0 Å². The van der Waals surface area contributed by atoms with E-state index in [0.29, 0.717) is 0 Å². The Balaban J connectivity index is 1.67. The Bertz CT molecular complexity index is 517. The van der Waals surface area contributed by atoms with Crippen LogP contribution in [0, 0.1) is 13.8 Å². The Morgan fingerprint density at radius 1 is 1.21 bits per heavy atom. The number of halogens is 1. The predicted octanol–water partition coefficient (Wildman–Crippen LogP) is 3.33. The van der Waals surface area contributed by atoms with Gasteiger partial charge in [-0.2, -0.15) is 5.10 Å². The summed E-state index contributed by atoms with van der Waals surface area (Å²) in [6, 6.07) is 10.1. The van der Waals surface area contributed by atoms with Crippen LogP contribution in [0.15, 0.2) is 30.3 Å². The number of benzene rings is 1. The molecule has 0 bridgehead atoms. The average Bonchev–Trinajstić information content (AvgIpc) is 2.70. The van der Waals surface area contributed by atoms with E-state index in [1.54, 1.807) is 0 Å². The minimum Gasteiger partial charge on any atom is -0.313 e. The molecule has 0 fully saturated rings. The van der Waals surface area contributed by atoms with Crippen LogP contribution in [-0.4, -0.2) is 16.3 Å². The fraction of sp³-hybridized carbons (Fsp3) is 0.400. The Hall–Kier alpha value is -1.32. The number of hydrogen-bond donors (Lipinski definition) is 1. The quantitative estimate of drug-likeness (QED) is 0.821. The lowest BCUT2D eigenvalue weighted by Gasteiger charge is -2.06. The summed E-state index contributed by atoms with van der Waals surface area (Å²) in [5.41, 5.74) is 3.58. The van der Waals surface area contributed by atoms with E-state index in [4.69, 9.17) is 11.6 Å². The third-order valence-electron chi connectivity index (χ3n) is 3.07. The van der Waals surface area contributed by atoms with Gasteiger partial charge < -0.3 is 5.32 Å². The number of aromatic nitrogens is 2. The molecule has 2 aromatic rings. The summed E-state index contributed by atoms with van der Waals surface area (Å²) in [6.07, 6.45) is 1.08. The third kappa shape index (κ3) is 4.37. The summed E-state index contributed by atoms with van der Waals surface area (Å²) in [4.78, 5) is 0. The van der Waals surface area contributed by atoms with E-state index >= 15 is 0 Å². The van der Waals surface area contributed by atoms with Gasteiger partial charge >= 0.3 is 0 Å². The number of hydrogen-bond acceptors (Lipinski definition) is 2. The highest BCUT2D eigenvalue weighted by molar-refractivity contribution is 6.30. The van der Waals surface area contributed by atoms with E-state index < -0.39 is 0 Å². The number of aryl methyl sites for hydroxylation is 3. The lowest BCUT2D eigenvalue weighted by molar-refractivity contribution is 0.532. The van der Waals surface area contributed by atoms with E-state index in [1.807, 2.05) is 19.1 Å². The van der Waals surface area contributed by atoms with E-state index in [9.17, 15) is 0 Å². The van der Waals surface area contributed by atoms with Crippen LogP contribution in [0.5, 0.6) is 0 Å². The van der Waals surface area contributed by atoms with Gasteiger partial charge in [0.1, 0.15) is 0 Å². The van der Waals surface area contributed by atoms with E-state index in [-0.39, 0.29) is 0 Å². The summed E-state index contributed by atoms with van der Waals surface area (Å²) in [5.74, 6) is 0. The zero-order valence-corrected chi connectivity index (χ0v) is 12.2. The summed E-state index contributed by atoms with van der Waals surface area (Å²) in [7, 11) is 0. The van der Waals surface area contributed by atoms with Crippen LogP contribution in [0.4, 0.5) is 0 Å². The lowest BCUT2D eigenvalue weighted by atomic mass is 10.2. The Kier molecular flexibility index (Phi) is 5.00. The molecule has 1 N–H and O–H groups in total. The molecule has 1 aromatic carbocycles. The molecule has 0 radical (unpaired) electrons. The summed E-state index contributed by atoms with van der Waals surface area (Å²) < 4.78 is 2.07. The molecule has 0 aliphatic rings. The van der Waals surface area contributed by atoms with Crippen molar-refractivity contribution in [2.24, 2.45) is 0 Å². The minimum atomic E-state index is 0.785. The lowest BCUT2D eigenvalue weighted by Crippen LogP contribution is -2.17. The van der Waals surface area contributed by atoms with E-state index in [1.165, 1.54) is 11.3 Å². The Morgan fingerprint density at radius 2 is 1.95 bits per heavy atom. The number of rotatable bonds is 6. The third-order valence-corrected chi connectivity index (χ3v) is 3.32. The average molecular weight is 278 g/mol. The van der Waals surface area contributed by atoms with Crippen LogP contribution < -0.4 is 5.32 Å². The molecule has 102 valence electrons. The molecule has 3 nitrogen and oxygen atoms in total. The van der Waals surface area contributed by atoms with Gasteiger partial charge in [0, 0.05) is 23.8 Å². The smallest absolute Gasteiger partial charge is 0.0596 e. The molecule has 0 saturated heterocycles. The molecule has 1 heterocycles. The molecule has 0 aliphatic heterocycles. The molecule has 0 atom stereocenters. The van der Waals surface area contributed by atoms with Gasteiger partial charge in [-0.1, -0.05) is 23.7 Å². The zero-order chi connectivity index (χ0) is 13.7. The van der Waals surface area contributed by atoms with Crippen molar-refractivity contribution in [2.75, 3.05) is 6.54 Å². The molecule has 0 spiro atoms. The second-order valence-electron chi connectivity index (χ2n) is 4.81. The van der Waals surface area contributed by atoms with Crippen molar-refractivity contribution in [3.05, 3.63) is 52.3 Å². The standard InChI is InChI=1S/C15H20ClN3/c1-12-10-13(2)19(18-12)9-3-8-17-11-14-4-6-15(16)7-5-14/h4-7,10,17H,3,8-9,11H2,1-2H3. The maximum atomic E-state index is 5.85. The van der Waals surface area contributed by atoms with Crippen molar-refractivity contribution in [1.82, 2.24) is 15.1 Å². The molecule has 19 heavy (non-hydrogen) atoms. The SMILES string of the molecule is Cc1cc(C)n(CCCNCc2ccc(Cl)cc2)n1. The maximum absolute atomic E-state index is 5.85. The normalized spacial score (nSPS) is 10.9. The summed E-state index contributed by atoms with van der Waals surface area (Å²) >= 11 is 5.85. The largest absolute Gasteiger partial charge is 0.313 e. The first-order valence-corrected chi connectivity index (χ1v) is 6.99. The van der Waals surface area contributed by atoms with Crippen molar-refractivity contribution >= 4 is 11.6 Å². The van der Waals surface area contributed by atoms with E-state index in [0.717, 1.165) is 36.8 Å². The van der Waals surface area contributed by atoms with Crippen LogP contribution in [0.2, 0.25) is 5.02 Å². The maximum Gasteiger partial charge on any atom is 0.0596 e. The van der Waals surface area contributed by atoms with Gasteiger partial charge in [0.2, 0.25) is 0 Å². The van der Waals surface area contributed by atoms with Crippen molar-refractivity contribution in [1.29, 1.82) is 0 Å². The fourth-order valence-electron chi connectivity index (χ4n) is 2.09. The molecule has 2 rings (SSSR count). The van der Waals surface area contributed by atoms with Gasteiger partial charge in [-0.15, -0.1) is 0 Å². The Labute approximate surface area is 119 Å². The van der Waals surface area contributed by atoms with Crippen molar-refractivity contribution in [3.63, 3.8) is 0 Å². The first kappa shape index (κ1) is 14.1. The molecular formula is C15H20ClN3. The summed E-state index contributed by atoms with van der Waals surface area (Å²) in [6.45, 7) is 6.96. The monoisotopic (exact) mass is 277 g/mol. The highest BCUT2D eigenvalue weighted by Crippen LogP contribution is 2.09. The van der Waals surface area contributed by atoms with Crippen LogP contribution in [0.25, 0.3) is 0 Å². The van der Waals surface area contributed by atoms with Crippen molar-refractivity contribution in [2.45, 2.75) is 33.4 Å². The molecule has 1 aromatic heterocycles. The first-order valence-electron chi connectivity index (χ1n) is 6.61. The zero-order valence-electron chi connectivity index (χ0n) is 11.5. The Morgan fingerprint density at radius 3 is 2.58 bits per heavy atom. The number of nitrogens with zero attached hydrogens (tertiary/aromatic N) is 2. The van der Waals surface area contributed by atoms with Gasteiger partial charge in [0.05, 0.1) is 5.69 Å². The predicted molar refractivity (Wildman–Crippen MR) is 79.5 cm³/mol. The second-order valence-corrected chi connectivity index (χ2v) is 5.24. The molecule has 0 saturated carbocycles. The minimum absolute atomic E-state index is 0.785.